The molecule has 29 heavy (non-hydrogen) atoms. The summed E-state index contributed by atoms with van der Waals surface area (Å²) in [6.07, 6.45) is 3.88. The van der Waals surface area contributed by atoms with Crippen molar-refractivity contribution >= 4 is 21.6 Å². The SMILES string of the molecule is CC(C)c1nccn1Cc1cccc(NC(=O)Cc2ccc(S(N)(=O)=O)cc2)c1. The van der Waals surface area contributed by atoms with E-state index < -0.39 is 10.0 Å². The highest BCUT2D eigenvalue weighted by Gasteiger charge is 2.10. The van der Waals surface area contributed by atoms with E-state index in [2.05, 4.69) is 28.7 Å². The zero-order valence-corrected chi connectivity index (χ0v) is 17.2. The zero-order chi connectivity index (χ0) is 21.0. The Hall–Kier alpha value is -2.97. The molecule has 1 amide bonds. The van der Waals surface area contributed by atoms with Crippen LogP contribution in [0, 0.1) is 0 Å². The molecular formula is C21H24N4O3S. The number of hydrogen-bond donors (Lipinski definition) is 2. The van der Waals surface area contributed by atoms with Gasteiger partial charge in [0, 0.05) is 30.5 Å². The number of amides is 1. The second-order valence-electron chi connectivity index (χ2n) is 7.18. The van der Waals surface area contributed by atoms with Crippen LogP contribution < -0.4 is 10.5 Å². The number of imidazole rings is 1. The highest BCUT2D eigenvalue weighted by atomic mass is 32.2. The Balaban J connectivity index is 1.65. The Morgan fingerprint density at radius 1 is 1.14 bits per heavy atom. The molecule has 0 saturated heterocycles. The zero-order valence-electron chi connectivity index (χ0n) is 16.4. The average molecular weight is 413 g/mol. The van der Waals surface area contributed by atoms with Gasteiger partial charge in [0.25, 0.3) is 0 Å². The number of hydrogen-bond acceptors (Lipinski definition) is 4. The highest BCUT2D eigenvalue weighted by Crippen LogP contribution is 2.17. The second kappa shape index (κ2) is 8.59. The van der Waals surface area contributed by atoms with Crippen molar-refractivity contribution in [2.45, 2.75) is 37.6 Å². The fourth-order valence-electron chi connectivity index (χ4n) is 3.09. The summed E-state index contributed by atoms with van der Waals surface area (Å²) in [5.74, 6) is 1.16. The first-order valence-corrected chi connectivity index (χ1v) is 10.8. The summed E-state index contributed by atoms with van der Waals surface area (Å²) in [5.41, 5.74) is 2.46. The van der Waals surface area contributed by atoms with Crippen LogP contribution in [0.5, 0.6) is 0 Å². The largest absolute Gasteiger partial charge is 0.330 e. The molecule has 0 saturated carbocycles. The molecule has 3 aromatic rings. The van der Waals surface area contributed by atoms with Crippen molar-refractivity contribution in [3.63, 3.8) is 0 Å². The van der Waals surface area contributed by atoms with Gasteiger partial charge in [-0.2, -0.15) is 0 Å². The molecule has 3 rings (SSSR count). The molecular weight excluding hydrogens is 388 g/mol. The van der Waals surface area contributed by atoms with Crippen molar-refractivity contribution in [1.82, 2.24) is 9.55 Å². The minimum Gasteiger partial charge on any atom is -0.330 e. The predicted molar refractivity (Wildman–Crippen MR) is 112 cm³/mol. The molecule has 1 heterocycles. The van der Waals surface area contributed by atoms with E-state index in [1.807, 2.05) is 30.5 Å². The molecule has 0 atom stereocenters. The molecule has 152 valence electrons. The Morgan fingerprint density at radius 2 is 1.86 bits per heavy atom. The third kappa shape index (κ3) is 5.52. The molecule has 0 radical (unpaired) electrons. The highest BCUT2D eigenvalue weighted by molar-refractivity contribution is 7.89. The van der Waals surface area contributed by atoms with Crippen LogP contribution in [0.4, 0.5) is 5.69 Å². The normalized spacial score (nSPS) is 11.6. The van der Waals surface area contributed by atoms with Crippen molar-refractivity contribution < 1.29 is 13.2 Å². The Bertz CT molecular complexity index is 1100. The molecule has 0 unspecified atom stereocenters. The molecule has 8 heteroatoms. The smallest absolute Gasteiger partial charge is 0.238 e. The van der Waals surface area contributed by atoms with Crippen LogP contribution in [0.3, 0.4) is 0 Å². The van der Waals surface area contributed by atoms with Crippen LogP contribution in [0.25, 0.3) is 0 Å². The van der Waals surface area contributed by atoms with Gasteiger partial charge in [-0.3, -0.25) is 4.79 Å². The summed E-state index contributed by atoms with van der Waals surface area (Å²) in [4.78, 5) is 16.8. The van der Waals surface area contributed by atoms with E-state index in [9.17, 15) is 13.2 Å². The first-order chi connectivity index (χ1) is 13.7. The summed E-state index contributed by atoms with van der Waals surface area (Å²) in [6, 6.07) is 13.6. The number of nitrogens with one attached hydrogen (secondary N) is 1. The molecule has 0 aliphatic rings. The van der Waals surface area contributed by atoms with Crippen molar-refractivity contribution in [1.29, 1.82) is 0 Å². The van der Waals surface area contributed by atoms with Crippen molar-refractivity contribution in [2.75, 3.05) is 5.32 Å². The average Bonchev–Trinajstić information content (AvgIpc) is 3.10. The van der Waals surface area contributed by atoms with E-state index in [1.54, 1.807) is 18.3 Å². The van der Waals surface area contributed by atoms with Gasteiger partial charge in [-0.1, -0.05) is 38.1 Å². The first-order valence-electron chi connectivity index (χ1n) is 9.24. The van der Waals surface area contributed by atoms with E-state index >= 15 is 0 Å². The quantitative estimate of drug-likeness (QED) is 0.622. The third-order valence-corrected chi connectivity index (χ3v) is 5.37. The van der Waals surface area contributed by atoms with Crippen molar-refractivity contribution in [3.8, 4) is 0 Å². The molecule has 1 aromatic heterocycles. The minimum atomic E-state index is -3.74. The van der Waals surface area contributed by atoms with E-state index in [1.165, 1.54) is 12.1 Å². The Kier molecular flexibility index (Phi) is 6.14. The lowest BCUT2D eigenvalue weighted by Crippen LogP contribution is -2.15. The number of aromatic nitrogens is 2. The predicted octanol–water partition coefficient (Wildman–Crippen LogP) is 2.88. The number of carbonyl (C=O) groups is 1. The van der Waals surface area contributed by atoms with Gasteiger partial charge in [-0.15, -0.1) is 0 Å². The van der Waals surface area contributed by atoms with Crippen molar-refractivity contribution in [3.05, 3.63) is 77.9 Å². The van der Waals surface area contributed by atoms with E-state index in [0.29, 0.717) is 23.7 Å². The molecule has 0 aliphatic carbocycles. The number of anilines is 1. The number of benzene rings is 2. The summed E-state index contributed by atoms with van der Waals surface area (Å²) in [5, 5.41) is 7.97. The van der Waals surface area contributed by atoms with Gasteiger partial charge >= 0.3 is 0 Å². The van der Waals surface area contributed by atoms with Crippen LogP contribution in [0.1, 0.15) is 36.7 Å². The summed E-state index contributed by atoms with van der Waals surface area (Å²) in [6.45, 7) is 4.88. The maximum absolute atomic E-state index is 12.4. The summed E-state index contributed by atoms with van der Waals surface area (Å²) < 4.78 is 24.7. The fourth-order valence-corrected chi connectivity index (χ4v) is 3.60. The maximum Gasteiger partial charge on any atom is 0.238 e. The maximum atomic E-state index is 12.4. The van der Waals surface area contributed by atoms with Gasteiger partial charge in [0.05, 0.1) is 11.3 Å². The Labute approximate surface area is 170 Å². The van der Waals surface area contributed by atoms with Gasteiger partial charge in [0.2, 0.25) is 15.9 Å². The van der Waals surface area contributed by atoms with E-state index in [-0.39, 0.29) is 17.2 Å². The van der Waals surface area contributed by atoms with Gasteiger partial charge < -0.3 is 9.88 Å². The second-order valence-corrected chi connectivity index (χ2v) is 8.74. The van der Waals surface area contributed by atoms with Crippen LogP contribution in [0.15, 0.2) is 65.8 Å². The van der Waals surface area contributed by atoms with Crippen LogP contribution in [-0.4, -0.2) is 23.9 Å². The monoisotopic (exact) mass is 412 g/mol. The molecule has 3 N–H and O–H groups in total. The number of carbonyl (C=O) groups excluding carboxylic acids is 1. The van der Waals surface area contributed by atoms with E-state index in [0.717, 1.165) is 11.4 Å². The summed E-state index contributed by atoms with van der Waals surface area (Å²) >= 11 is 0. The number of primary sulfonamides is 1. The van der Waals surface area contributed by atoms with Crippen LogP contribution >= 0.6 is 0 Å². The standard InChI is InChI=1S/C21H24N4O3S/c1-15(2)21-23-10-11-25(21)14-17-4-3-5-18(12-17)24-20(26)13-16-6-8-19(9-7-16)29(22,27)28/h3-12,15H,13-14H2,1-2H3,(H,24,26)(H2,22,27,28). The lowest BCUT2D eigenvalue weighted by molar-refractivity contribution is -0.115. The first kappa shape index (κ1) is 20.8. The minimum absolute atomic E-state index is 0.0228. The fraction of sp³-hybridized carbons (Fsp3) is 0.238. The van der Waals surface area contributed by atoms with Gasteiger partial charge in [0.1, 0.15) is 5.82 Å². The van der Waals surface area contributed by atoms with Crippen LogP contribution in [-0.2, 0) is 27.8 Å². The van der Waals surface area contributed by atoms with Crippen molar-refractivity contribution in [2.24, 2.45) is 5.14 Å². The van der Waals surface area contributed by atoms with Crippen LogP contribution in [0.2, 0.25) is 0 Å². The third-order valence-electron chi connectivity index (χ3n) is 4.44. The molecule has 2 aromatic carbocycles. The number of rotatable bonds is 7. The Morgan fingerprint density at radius 3 is 2.52 bits per heavy atom. The lowest BCUT2D eigenvalue weighted by atomic mass is 10.1. The number of nitrogens with two attached hydrogens (primary N) is 1. The molecule has 0 bridgehead atoms. The number of sulfonamides is 1. The molecule has 0 aliphatic heterocycles. The lowest BCUT2D eigenvalue weighted by Gasteiger charge is -2.12. The molecule has 0 spiro atoms. The molecule has 0 fully saturated rings. The molecule has 7 nitrogen and oxygen atoms in total. The number of nitrogens with zero attached hydrogens (tertiary/aromatic N) is 2. The summed E-state index contributed by atoms with van der Waals surface area (Å²) in [7, 11) is -3.74. The van der Waals surface area contributed by atoms with Gasteiger partial charge in [0.15, 0.2) is 0 Å². The van der Waals surface area contributed by atoms with E-state index in [4.69, 9.17) is 5.14 Å². The van der Waals surface area contributed by atoms with Gasteiger partial charge in [-0.25, -0.2) is 18.5 Å². The topological polar surface area (TPSA) is 107 Å². The van der Waals surface area contributed by atoms with Gasteiger partial charge in [-0.05, 0) is 35.4 Å².